The molecule has 0 radical (unpaired) electrons. The molecular formula is C17H19N5O4. The van der Waals surface area contributed by atoms with Crippen molar-refractivity contribution in [3.05, 3.63) is 36.2 Å². The first-order valence-corrected chi connectivity index (χ1v) is 8.37. The Bertz CT molecular complexity index is 794. The van der Waals surface area contributed by atoms with Crippen LogP contribution >= 0.6 is 0 Å². The van der Waals surface area contributed by atoms with E-state index >= 15 is 0 Å². The number of nitrogens with one attached hydrogen (secondary N) is 2. The van der Waals surface area contributed by atoms with Gasteiger partial charge in [-0.05, 0) is 18.2 Å². The molecule has 2 aliphatic rings. The summed E-state index contributed by atoms with van der Waals surface area (Å²) in [6.45, 7) is 3.37. The minimum atomic E-state index is -0.324. The molecule has 1 aromatic carbocycles. The maximum absolute atomic E-state index is 12.1. The molecule has 2 aliphatic heterocycles. The highest BCUT2D eigenvalue weighted by Gasteiger charge is 2.15. The molecule has 2 N–H and O–H groups in total. The van der Waals surface area contributed by atoms with E-state index in [-0.39, 0.29) is 12.8 Å². The van der Waals surface area contributed by atoms with Gasteiger partial charge in [-0.3, -0.25) is 0 Å². The normalized spacial score (nSPS) is 15.6. The van der Waals surface area contributed by atoms with Gasteiger partial charge in [-0.15, -0.1) is 0 Å². The quantitative estimate of drug-likeness (QED) is 0.853. The van der Waals surface area contributed by atoms with E-state index in [4.69, 9.17) is 14.2 Å². The summed E-state index contributed by atoms with van der Waals surface area (Å²) in [4.78, 5) is 23.0. The minimum absolute atomic E-state index is 0.199. The molecule has 1 saturated heterocycles. The molecule has 0 atom stereocenters. The van der Waals surface area contributed by atoms with E-state index in [0.717, 1.165) is 18.8 Å². The Morgan fingerprint density at radius 2 is 2.00 bits per heavy atom. The number of urea groups is 1. The van der Waals surface area contributed by atoms with Crippen LogP contribution in [0.5, 0.6) is 11.5 Å². The van der Waals surface area contributed by atoms with Gasteiger partial charge in [0.05, 0.1) is 25.5 Å². The molecule has 9 nitrogen and oxygen atoms in total. The fourth-order valence-electron chi connectivity index (χ4n) is 2.72. The number of anilines is 2. The molecular weight excluding hydrogens is 338 g/mol. The average Bonchev–Trinajstić information content (AvgIpc) is 3.15. The molecule has 4 rings (SSSR count). The molecule has 0 aliphatic carbocycles. The number of morpholine rings is 1. The topological polar surface area (TPSA) is 97.8 Å². The molecule has 0 bridgehead atoms. The fourth-order valence-corrected chi connectivity index (χ4v) is 2.72. The predicted octanol–water partition coefficient (Wildman–Crippen LogP) is 1.36. The largest absolute Gasteiger partial charge is 0.454 e. The highest BCUT2D eigenvalue weighted by molar-refractivity contribution is 5.89. The molecule has 9 heteroatoms. The second kappa shape index (κ2) is 7.44. The lowest BCUT2D eigenvalue weighted by atomic mass is 10.3. The Hall–Kier alpha value is -3.07. The van der Waals surface area contributed by atoms with E-state index in [1.165, 1.54) is 0 Å². The summed E-state index contributed by atoms with van der Waals surface area (Å²) < 4.78 is 15.9. The van der Waals surface area contributed by atoms with E-state index in [1.54, 1.807) is 30.5 Å². The fraction of sp³-hybridized carbons (Fsp3) is 0.353. The zero-order chi connectivity index (χ0) is 17.8. The van der Waals surface area contributed by atoms with Crippen molar-refractivity contribution in [2.75, 3.05) is 43.3 Å². The zero-order valence-electron chi connectivity index (χ0n) is 14.1. The van der Waals surface area contributed by atoms with Crippen LogP contribution in [0.25, 0.3) is 0 Å². The first-order valence-electron chi connectivity index (χ1n) is 8.37. The van der Waals surface area contributed by atoms with E-state index < -0.39 is 0 Å². The van der Waals surface area contributed by atoms with Gasteiger partial charge in [0.2, 0.25) is 12.7 Å². The number of amides is 2. The second-order valence-electron chi connectivity index (χ2n) is 5.82. The maximum atomic E-state index is 12.1. The van der Waals surface area contributed by atoms with Gasteiger partial charge in [-0.2, -0.15) is 0 Å². The molecule has 1 aromatic heterocycles. The number of carbonyl (C=O) groups is 1. The van der Waals surface area contributed by atoms with Gasteiger partial charge in [0.15, 0.2) is 11.5 Å². The molecule has 1 fully saturated rings. The Morgan fingerprint density at radius 3 is 2.88 bits per heavy atom. The Morgan fingerprint density at radius 1 is 1.15 bits per heavy atom. The van der Waals surface area contributed by atoms with Gasteiger partial charge in [0, 0.05) is 31.0 Å². The van der Waals surface area contributed by atoms with Crippen LogP contribution in [0.15, 0.2) is 30.5 Å². The number of rotatable bonds is 4. The predicted molar refractivity (Wildman–Crippen MR) is 93.5 cm³/mol. The summed E-state index contributed by atoms with van der Waals surface area (Å²) in [7, 11) is 0. The third kappa shape index (κ3) is 3.77. The Kier molecular flexibility index (Phi) is 4.69. The van der Waals surface area contributed by atoms with E-state index in [0.29, 0.717) is 42.9 Å². The van der Waals surface area contributed by atoms with Gasteiger partial charge in [-0.25, -0.2) is 14.8 Å². The summed E-state index contributed by atoms with van der Waals surface area (Å²) in [6, 6.07) is 6.70. The lowest BCUT2D eigenvalue weighted by Crippen LogP contribution is -2.37. The standard InChI is InChI=1S/C17H19N5O4/c23-17(21-12-1-2-14-15(9-12)26-11-25-14)19-10-13-3-4-18-16(20-13)22-5-7-24-8-6-22/h1-4,9H,5-8,10-11H2,(H2,19,21,23). The number of benzene rings is 1. The first-order chi connectivity index (χ1) is 12.8. The first kappa shape index (κ1) is 16.4. The van der Waals surface area contributed by atoms with Crippen molar-refractivity contribution in [2.24, 2.45) is 0 Å². The van der Waals surface area contributed by atoms with Crippen LogP contribution in [0.1, 0.15) is 5.69 Å². The van der Waals surface area contributed by atoms with E-state index in [9.17, 15) is 4.79 Å². The van der Waals surface area contributed by atoms with Gasteiger partial charge in [0.1, 0.15) is 0 Å². The summed E-state index contributed by atoms with van der Waals surface area (Å²) >= 11 is 0. The maximum Gasteiger partial charge on any atom is 0.319 e. The zero-order valence-corrected chi connectivity index (χ0v) is 14.1. The van der Waals surface area contributed by atoms with Gasteiger partial charge >= 0.3 is 6.03 Å². The molecule has 26 heavy (non-hydrogen) atoms. The molecule has 2 aromatic rings. The van der Waals surface area contributed by atoms with Crippen LogP contribution in [0.2, 0.25) is 0 Å². The van der Waals surface area contributed by atoms with E-state index in [1.807, 2.05) is 0 Å². The van der Waals surface area contributed by atoms with Crippen molar-refractivity contribution in [2.45, 2.75) is 6.54 Å². The Labute approximate surface area is 150 Å². The van der Waals surface area contributed by atoms with Crippen molar-refractivity contribution in [3.63, 3.8) is 0 Å². The van der Waals surface area contributed by atoms with Crippen LogP contribution in [0, 0.1) is 0 Å². The number of hydrogen-bond donors (Lipinski definition) is 2. The van der Waals surface area contributed by atoms with Gasteiger partial charge in [0.25, 0.3) is 0 Å². The lowest BCUT2D eigenvalue weighted by Gasteiger charge is -2.26. The number of ether oxygens (including phenoxy) is 3. The SMILES string of the molecule is O=C(NCc1ccnc(N2CCOCC2)n1)Nc1ccc2c(c1)OCO2. The van der Waals surface area contributed by atoms with Crippen LogP contribution in [0.3, 0.4) is 0 Å². The highest BCUT2D eigenvalue weighted by atomic mass is 16.7. The number of aromatic nitrogens is 2. The highest BCUT2D eigenvalue weighted by Crippen LogP contribution is 2.34. The van der Waals surface area contributed by atoms with Crippen molar-refractivity contribution in [1.82, 2.24) is 15.3 Å². The Balaban J connectivity index is 1.32. The molecule has 3 heterocycles. The molecule has 136 valence electrons. The third-order valence-electron chi connectivity index (χ3n) is 4.05. The van der Waals surface area contributed by atoms with Crippen molar-refractivity contribution in [1.29, 1.82) is 0 Å². The summed E-state index contributed by atoms with van der Waals surface area (Å²) in [5.41, 5.74) is 1.37. The molecule has 0 unspecified atom stereocenters. The average molecular weight is 357 g/mol. The van der Waals surface area contributed by atoms with Crippen LogP contribution in [-0.2, 0) is 11.3 Å². The minimum Gasteiger partial charge on any atom is -0.454 e. The van der Waals surface area contributed by atoms with Gasteiger partial charge < -0.3 is 29.7 Å². The van der Waals surface area contributed by atoms with Gasteiger partial charge in [-0.1, -0.05) is 0 Å². The summed E-state index contributed by atoms with van der Waals surface area (Å²) in [5.74, 6) is 1.95. The van der Waals surface area contributed by atoms with E-state index in [2.05, 4.69) is 25.5 Å². The monoisotopic (exact) mass is 357 g/mol. The molecule has 0 saturated carbocycles. The smallest absolute Gasteiger partial charge is 0.319 e. The summed E-state index contributed by atoms with van der Waals surface area (Å²) in [6.07, 6.45) is 1.70. The summed E-state index contributed by atoms with van der Waals surface area (Å²) in [5, 5.41) is 5.55. The van der Waals surface area contributed by atoms with Crippen LogP contribution in [-0.4, -0.2) is 49.1 Å². The second-order valence-corrected chi connectivity index (χ2v) is 5.82. The van der Waals surface area contributed by atoms with Crippen LogP contribution < -0.4 is 25.0 Å². The number of carbonyl (C=O) groups excluding carboxylic acids is 1. The number of fused-ring (bicyclic) bond motifs is 1. The number of hydrogen-bond acceptors (Lipinski definition) is 7. The lowest BCUT2D eigenvalue weighted by molar-refractivity contribution is 0.122. The van der Waals surface area contributed by atoms with Crippen molar-refractivity contribution < 1.29 is 19.0 Å². The third-order valence-corrected chi connectivity index (χ3v) is 4.05. The molecule has 2 amide bonds. The molecule has 0 spiro atoms. The van der Waals surface area contributed by atoms with Crippen LogP contribution in [0.4, 0.5) is 16.4 Å². The number of nitrogens with zero attached hydrogens (tertiary/aromatic N) is 3. The van der Waals surface area contributed by atoms with Crippen molar-refractivity contribution >= 4 is 17.7 Å². The van der Waals surface area contributed by atoms with Crippen molar-refractivity contribution in [3.8, 4) is 11.5 Å².